The van der Waals surface area contributed by atoms with Gasteiger partial charge in [-0.25, -0.2) is 4.39 Å². The van der Waals surface area contributed by atoms with Gasteiger partial charge < -0.3 is 10.5 Å². The number of nitrogens with two attached hydrogens (primary N) is 1. The smallest absolute Gasteiger partial charge is 0.312 e. The Morgan fingerprint density at radius 3 is 2.79 bits per heavy atom. The number of anilines is 1. The molecule has 2 rings (SSSR count). The number of ether oxygens (including phenoxy) is 1. The van der Waals surface area contributed by atoms with Crippen molar-refractivity contribution < 1.29 is 14.1 Å². The summed E-state index contributed by atoms with van der Waals surface area (Å²) in [5, 5.41) is 10.9. The highest BCUT2D eigenvalue weighted by molar-refractivity contribution is 9.10. The van der Waals surface area contributed by atoms with Crippen LogP contribution in [0.2, 0.25) is 0 Å². The Hall–Kier alpha value is -2.29. The third-order valence-corrected chi connectivity index (χ3v) is 2.65. The van der Waals surface area contributed by atoms with Crippen molar-refractivity contribution in [2.24, 2.45) is 0 Å². The molecule has 0 atom stereocenters. The molecule has 0 aliphatic heterocycles. The van der Waals surface area contributed by atoms with E-state index < -0.39 is 16.4 Å². The molecule has 0 amide bonds. The normalized spacial score (nSPS) is 10.2. The van der Waals surface area contributed by atoms with Gasteiger partial charge in [-0.15, -0.1) is 0 Å². The van der Waals surface area contributed by atoms with E-state index in [4.69, 9.17) is 10.5 Å². The molecule has 0 aliphatic carbocycles. The Bertz CT molecular complexity index is 653. The van der Waals surface area contributed by atoms with Crippen molar-refractivity contribution in [3.8, 4) is 11.6 Å². The van der Waals surface area contributed by atoms with E-state index in [1.165, 1.54) is 12.4 Å². The first-order chi connectivity index (χ1) is 8.97. The van der Waals surface area contributed by atoms with Crippen LogP contribution >= 0.6 is 15.9 Å². The summed E-state index contributed by atoms with van der Waals surface area (Å²) in [5.41, 5.74) is 4.99. The first-order valence-corrected chi connectivity index (χ1v) is 5.65. The van der Waals surface area contributed by atoms with Crippen LogP contribution in [0, 0.1) is 15.9 Å². The monoisotopic (exact) mass is 328 g/mol. The number of nitro benzene ring substituents is 1. The van der Waals surface area contributed by atoms with Crippen LogP contribution in [0.1, 0.15) is 0 Å². The zero-order valence-corrected chi connectivity index (χ0v) is 10.8. The second kappa shape index (κ2) is 5.14. The van der Waals surface area contributed by atoms with E-state index in [9.17, 15) is 14.5 Å². The van der Waals surface area contributed by atoms with E-state index in [1.54, 1.807) is 0 Å². The number of hydrogen-bond donors (Lipinski definition) is 1. The molecule has 0 radical (unpaired) electrons. The molecule has 19 heavy (non-hydrogen) atoms. The number of nitro groups is 1. The zero-order valence-electron chi connectivity index (χ0n) is 9.21. The molecule has 1 heterocycles. The van der Waals surface area contributed by atoms with Crippen LogP contribution in [-0.4, -0.2) is 14.9 Å². The Morgan fingerprint density at radius 2 is 2.16 bits per heavy atom. The van der Waals surface area contributed by atoms with Gasteiger partial charge in [-0.3, -0.25) is 15.1 Å². The molecule has 9 heteroatoms. The van der Waals surface area contributed by atoms with Gasteiger partial charge in [-0.1, -0.05) is 0 Å². The molecule has 7 nitrogen and oxygen atoms in total. The van der Waals surface area contributed by atoms with Gasteiger partial charge in [0.1, 0.15) is 11.6 Å². The molecule has 2 N–H and O–H groups in total. The fourth-order valence-electron chi connectivity index (χ4n) is 1.27. The van der Waals surface area contributed by atoms with E-state index in [0.29, 0.717) is 0 Å². The van der Waals surface area contributed by atoms with E-state index in [-0.39, 0.29) is 21.9 Å². The topological polar surface area (TPSA) is 104 Å². The standard InChI is InChI=1S/C10H6BrFN4O3/c11-5-1-7(16(17)18)8(2-6(5)12)19-10-4-14-3-9(13)15-10/h1-4H,(H2,13,15). The van der Waals surface area contributed by atoms with E-state index in [0.717, 1.165) is 12.1 Å². The van der Waals surface area contributed by atoms with Gasteiger partial charge in [0.05, 0.1) is 21.8 Å². The average molecular weight is 329 g/mol. The van der Waals surface area contributed by atoms with E-state index in [1.807, 2.05) is 0 Å². The van der Waals surface area contributed by atoms with E-state index >= 15 is 0 Å². The number of aromatic nitrogens is 2. The van der Waals surface area contributed by atoms with Crippen molar-refractivity contribution in [1.82, 2.24) is 9.97 Å². The van der Waals surface area contributed by atoms with Crippen molar-refractivity contribution in [3.05, 3.63) is 44.9 Å². The maximum absolute atomic E-state index is 13.4. The molecule has 0 unspecified atom stereocenters. The summed E-state index contributed by atoms with van der Waals surface area (Å²) in [4.78, 5) is 17.6. The summed E-state index contributed by atoms with van der Waals surface area (Å²) in [5.74, 6) is -0.967. The number of rotatable bonds is 3. The number of benzene rings is 1. The molecule has 1 aromatic carbocycles. The fourth-order valence-corrected chi connectivity index (χ4v) is 1.60. The number of hydrogen-bond acceptors (Lipinski definition) is 6. The second-order valence-corrected chi connectivity index (χ2v) is 4.23. The van der Waals surface area contributed by atoms with Crippen molar-refractivity contribution in [2.75, 3.05) is 5.73 Å². The first kappa shape index (κ1) is 13.1. The molecule has 0 fully saturated rings. The van der Waals surface area contributed by atoms with Crippen molar-refractivity contribution in [3.63, 3.8) is 0 Å². The molecule has 0 saturated heterocycles. The van der Waals surface area contributed by atoms with Crippen molar-refractivity contribution in [2.45, 2.75) is 0 Å². The Labute approximate surface area is 114 Å². The van der Waals surface area contributed by atoms with Gasteiger partial charge >= 0.3 is 5.69 Å². The van der Waals surface area contributed by atoms with Crippen LogP contribution in [0.4, 0.5) is 15.9 Å². The number of nitrogen functional groups attached to an aromatic ring is 1. The lowest BCUT2D eigenvalue weighted by molar-refractivity contribution is -0.385. The minimum absolute atomic E-state index is 0.0368. The zero-order chi connectivity index (χ0) is 14.0. The average Bonchev–Trinajstić information content (AvgIpc) is 2.33. The van der Waals surface area contributed by atoms with Gasteiger partial charge in [-0.05, 0) is 15.9 Å². The molecule has 98 valence electrons. The Balaban J connectivity index is 2.44. The van der Waals surface area contributed by atoms with Crippen LogP contribution < -0.4 is 10.5 Å². The second-order valence-electron chi connectivity index (χ2n) is 3.38. The third-order valence-electron chi connectivity index (χ3n) is 2.04. The van der Waals surface area contributed by atoms with Gasteiger partial charge in [-0.2, -0.15) is 4.98 Å². The summed E-state index contributed by atoms with van der Waals surface area (Å²) in [6.45, 7) is 0. The number of nitrogens with zero attached hydrogens (tertiary/aromatic N) is 3. The largest absolute Gasteiger partial charge is 0.430 e. The highest BCUT2D eigenvalue weighted by Crippen LogP contribution is 2.34. The minimum Gasteiger partial charge on any atom is -0.430 e. The molecule has 0 saturated carbocycles. The van der Waals surface area contributed by atoms with Crippen LogP contribution in [0.25, 0.3) is 0 Å². The lowest BCUT2D eigenvalue weighted by Crippen LogP contribution is -1.98. The minimum atomic E-state index is -0.697. The predicted octanol–water partition coefficient (Wildman–Crippen LogP) is 2.66. The summed E-state index contributed by atoms with van der Waals surface area (Å²) in [6, 6.07) is 1.89. The SMILES string of the molecule is Nc1cncc(Oc2cc(F)c(Br)cc2[N+](=O)[O-])n1. The first-order valence-electron chi connectivity index (χ1n) is 4.86. The maximum atomic E-state index is 13.4. The fraction of sp³-hybridized carbons (Fsp3) is 0. The summed E-state index contributed by atoms with van der Waals surface area (Å²) >= 11 is 2.86. The highest BCUT2D eigenvalue weighted by Gasteiger charge is 2.20. The van der Waals surface area contributed by atoms with Gasteiger partial charge in [0.15, 0.2) is 0 Å². The molecule has 0 aliphatic rings. The molecular formula is C10H6BrFN4O3. The summed E-state index contributed by atoms with van der Waals surface area (Å²) < 4.78 is 18.5. The van der Waals surface area contributed by atoms with Crippen LogP contribution in [-0.2, 0) is 0 Å². The summed E-state index contributed by atoms with van der Waals surface area (Å²) in [7, 11) is 0. The van der Waals surface area contributed by atoms with Crippen LogP contribution in [0.3, 0.4) is 0 Å². The van der Waals surface area contributed by atoms with E-state index in [2.05, 4.69) is 25.9 Å². The molecule has 2 aromatic rings. The van der Waals surface area contributed by atoms with Crippen LogP contribution in [0.5, 0.6) is 11.6 Å². The number of halogens is 2. The Morgan fingerprint density at radius 1 is 1.42 bits per heavy atom. The van der Waals surface area contributed by atoms with Crippen molar-refractivity contribution in [1.29, 1.82) is 0 Å². The lowest BCUT2D eigenvalue weighted by atomic mass is 10.3. The maximum Gasteiger partial charge on any atom is 0.312 e. The highest BCUT2D eigenvalue weighted by atomic mass is 79.9. The predicted molar refractivity (Wildman–Crippen MR) is 67.3 cm³/mol. The van der Waals surface area contributed by atoms with Crippen molar-refractivity contribution >= 4 is 27.4 Å². The quantitative estimate of drug-likeness (QED) is 0.686. The van der Waals surface area contributed by atoms with Gasteiger partial charge in [0.25, 0.3) is 0 Å². The lowest BCUT2D eigenvalue weighted by Gasteiger charge is -2.06. The molecular weight excluding hydrogens is 323 g/mol. The summed E-state index contributed by atoms with van der Waals surface area (Å²) in [6.07, 6.45) is 2.49. The van der Waals surface area contributed by atoms with Crippen LogP contribution in [0.15, 0.2) is 29.0 Å². The van der Waals surface area contributed by atoms with Gasteiger partial charge in [0, 0.05) is 12.1 Å². The Kier molecular flexibility index (Phi) is 3.56. The third kappa shape index (κ3) is 2.94. The van der Waals surface area contributed by atoms with Gasteiger partial charge in [0.2, 0.25) is 11.6 Å². The molecule has 1 aromatic heterocycles. The molecule has 0 spiro atoms. The molecule has 0 bridgehead atoms.